The van der Waals surface area contributed by atoms with Gasteiger partial charge in [-0.15, -0.1) is 0 Å². The number of aliphatic hydroxyl groups excluding tert-OH is 6. The maximum absolute atomic E-state index is 13.4. The number of fused-ring (bicyclic) bond motifs is 7. The van der Waals surface area contributed by atoms with Crippen LogP contribution in [0, 0.1) is 46.3 Å². The molecule has 3 heterocycles. The largest absolute Gasteiger partial charge is 0.497 e. The highest BCUT2D eigenvalue weighted by atomic mass is 16.8. The van der Waals surface area contributed by atoms with E-state index in [0.717, 1.165) is 37.7 Å². The molecule has 1 aromatic rings. The lowest BCUT2D eigenvalue weighted by molar-refractivity contribution is -0.369. The Morgan fingerprint density at radius 2 is 1.61 bits per heavy atom. The summed E-state index contributed by atoms with van der Waals surface area (Å²) in [6, 6.07) is 6.19. The third kappa shape index (κ3) is 7.90. The average molecular weight is 871 g/mol. The molecule has 3 aliphatic heterocycles. The summed E-state index contributed by atoms with van der Waals surface area (Å²) in [6.45, 7) is 9.50. The van der Waals surface area contributed by atoms with Gasteiger partial charge in [0.25, 0.3) is 0 Å². The number of hydrogen-bond acceptors (Lipinski definition) is 15. The molecular weight excluding hydrogens is 805 g/mol. The number of benzene rings is 1. The monoisotopic (exact) mass is 870 g/mol. The first kappa shape index (κ1) is 45.8. The van der Waals surface area contributed by atoms with Crippen molar-refractivity contribution in [3.63, 3.8) is 0 Å². The number of rotatable bonds is 10. The second kappa shape index (κ2) is 17.9. The van der Waals surface area contributed by atoms with Crippen LogP contribution in [0.5, 0.6) is 5.75 Å². The Morgan fingerprint density at radius 3 is 2.29 bits per heavy atom. The fourth-order valence-electron chi connectivity index (χ4n) is 12.9. The van der Waals surface area contributed by atoms with Crippen molar-refractivity contribution in [1.82, 2.24) is 0 Å². The molecule has 15 nitrogen and oxygen atoms in total. The van der Waals surface area contributed by atoms with Gasteiger partial charge in [0.05, 0.1) is 37.6 Å². The van der Waals surface area contributed by atoms with Crippen LogP contribution < -0.4 is 4.74 Å². The highest BCUT2D eigenvalue weighted by Gasteiger charge is 2.66. The van der Waals surface area contributed by atoms with Crippen LogP contribution in [0.25, 0.3) is 0 Å². The van der Waals surface area contributed by atoms with Crippen molar-refractivity contribution < 1.29 is 73.4 Å². The van der Waals surface area contributed by atoms with Crippen LogP contribution >= 0.6 is 0 Å². The summed E-state index contributed by atoms with van der Waals surface area (Å²) in [4.78, 5) is 26.3. The van der Waals surface area contributed by atoms with Crippen molar-refractivity contribution in [3.8, 4) is 5.75 Å². The minimum Gasteiger partial charge on any atom is -0.497 e. The van der Waals surface area contributed by atoms with Crippen molar-refractivity contribution in [2.24, 2.45) is 46.3 Å². The molecule has 8 rings (SSSR count). The van der Waals surface area contributed by atoms with Crippen LogP contribution in [0.3, 0.4) is 0 Å². The quantitative estimate of drug-likeness (QED) is 0.113. The normalized spacial score (nSPS) is 47.4. The van der Waals surface area contributed by atoms with E-state index >= 15 is 0 Å². The molecule has 4 aliphatic carbocycles. The third-order valence-electron chi connectivity index (χ3n) is 16.1. The van der Waals surface area contributed by atoms with Gasteiger partial charge in [0.2, 0.25) is 0 Å². The second-order valence-corrected chi connectivity index (χ2v) is 19.6. The first-order valence-corrected chi connectivity index (χ1v) is 22.5. The van der Waals surface area contributed by atoms with E-state index in [9.17, 15) is 40.2 Å². The van der Waals surface area contributed by atoms with E-state index < -0.39 is 85.7 Å². The van der Waals surface area contributed by atoms with Gasteiger partial charge in [-0.3, -0.25) is 0 Å². The molecule has 0 spiro atoms. The van der Waals surface area contributed by atoms with Crippen LogP contribution in [-0.4, -0.2) is 137 Å². The Kier molecular flexibility index (Phi) is 13.2. The van der Waals surface area contributed by atoms with E-state index in [1.807, 2.05) is 13.8 Å². The van der Waals surface area contributed by atoms with Gasteiger partial charge >= 0.3 is 5.97 Å². The summed E-state index contributed by atoms with van der Waals surface area (Å²) in [5.74, 6) is 0.524. The Hall–Kier alpha value is -2.80. The van der Waals surface area contributed by atoms with E-state index in [4.69, 9.17) is 33.2 Å². The molecule has 344 valence electrons. The summed E-state index contributed by atoms with van der Waals surface area (Å²) in [6.07, 6.45) is -4.83. The van der Waals surface area contributed by atoms with E-state index in [-0.39, 0.29) is 52.8 Å². The fourth-order valence-corrected chi connectivity index (χ4v) is 12.9. The standard InChI is InChI=1S/C47H66O15/c1-22(2)17-30-23(3)35-33(59-43(30)55)19-32-29-12-9-26-18-28(13-15-46(26,5)31(29)14-16-47(32,35)21-49)58-45-41(37(51)36(50)34(20-48)60-45)62-44-39(53)38(52)40(24(4)57-44)61-42(54)25-7-10-27(56-6)11-8-25/h7-11,17,21,23-24,28-41,43-45,48,50-53,55H,12-16,18-20H2,1-6H3/t23-,24-,28+,29-,30+,31+,32+,33-,34-,35+,36+,37+,38+,39+,40+,41-,43+,44+,45-,46-,47-/m0/s1. The van der Waals surface area contributed by atoms with Crippen molar-refractivity contribution in [1.29, 1.82) is 0 Å². The zero-order chi connectivity index (χ0) is 44.4. The lowest BCUT2D eigenvalue weighted by Gasteiger charge is -2.58. The van der Waals surface area contributed by atoms with Crippen LogP contribution in [0.2, 0.25) is 0 Å². The molecule has 6 fully saturated rings. The lowest BCUT2D eigenvalue weighted by atomic mass is 9.46. The smallest absolute Gasteiger partial charge is 0.338 e. The van der Waals surface area contributed by atoms with E-state index in [1.165, 1.54) is 31.1 Å². The number of hydrogen-bond donors (Lipinski definition) is 6. The number of aliphatic hydroxyl groups is 6. The molecule has 3 saturated carbocycles. The van der Waals surface area contributed by atoms with Gasteiger partial charge in [0, 0.05) is 17.3 Å². The van der Waals surface area contributed by atoms with Crippen LogP contribution in [0.15, 0.2) is 47.6 Å². The summed E-state index contributed by atoms with van der Waals surface area (Å²) in [5.41, 5.74) is 1.93. The first-order chi connectivity index (χ1) is 29.5. The van der Waals surface area contributed by atoms with Gasteiger partial charge in [-0.1, -0.05) is 37.1 Å². The van der Waals surface area contributed by atoms with Gasteiger partial charge < -0.3 is 68.6 Å². The molecule has 1 aromatic carbocycles. The zero-order valence-electron chi connectivity index (χ0n) is 36.5. The van der Waals surface area contributed by atoms with E-state index in [1.54, 1.807) is 19.1 Å². The first-order valence-electron chi connectivity index (χ1n) is 22.5. The minimum atomic E-state index is -1.74. The highest BCUT2D eigenvalue weighted by molar-refractivity contribution is 5.89. The predicted molar refractivity (Wildman–Crippen MR) is 220 cm³/mol. The Bertz CT molecular complexity index is 1830. The summed E-state index contributed by atoms with van der Waals surface area (Å²) in [5, 5.41) is 65.8. The van der Waals surface area contributed by atoms with E-state index in [2.05, 4.69) is 26.0 Å². The number of carbonyl (C=O) groups is 2. The van der Waals surface area contributed by atoms with Crippen LogP contribution in [0.1, 0.15) is 89.9 Å². The molecule has 7 aliphatic rings. The van der Waals surface area contributed by atoms with Crippen LogP contribution in [-0.2, 0) is 33.2 Å². The third-order valence-corrected chi connectivity index (χ3v) is 16.1. The highest BCUT2D eigenvalue weighted by Crippen LogP contribution is 2.68. The summed E-state index contributed by atoms with van der Waals surface area (Å²) in [7, 11) is 1.50. The summed E-state index contributed by atoms with van der Waals surface area (Å²) >= 11 is 0. The Morgan fingerprint density at radius 1 is 0.887 bits per heavy atom. The molecule has 15 heteroatoms. The van der Waals surface area contributed by atoms with Crippen molar-refractivity contribution >= 4 is 12.3 Å². The molecular formula is C47H66O15. The zero-order valence-corrected chi connectivity index (χ0v) is 36.5. The molecule has 3 saturated heterocycles. The molecule has 0 aromatic heterocycles. The number of esters is 1. The van der Waals surface area contributed by atoms with Crippen LogP contribution in [0.4, 0.5) is 0 Å². The molecule has 21 atom stereocenters. The van der Waals surface area contributed by atoms with E-state index in [0.29, 0.717) is 24.5 Å². The van der Waals surface area contributed by atoms with Crippen molar-refractivity contribution in [2.45, 2.75) is 159 Å². The van der Waals surface area contributed by atoms with Crippen molar-refractivity contribution in [3.05, 3.63) is 53.1 Å². The Labute approximate surface area is 363 Å². The van der Waals surface area contributed by atoms with Crippen molar-refractivity contribution in [2.75, 3.05) is 13.7 Å². The number of allylic oxidation sites excluding steroid dienone is 2. The van der Waals surface area contributed by atoms with Gasteiger partial charge in [-0.2, -0.15) is 0 Å². The lowest BCUT2D eigenvalue weighted by Crippen LogP contribution is -2.64. The van der Waals surface area contributed by atoms with Gasteiger partial charge in [0.15, 0.2) is 25.0 Å². The Balaban J connectivity index is 0.952. The number of carbonyl (C=O) groups excluding carboxylic acids is 2. The SMILES string of the molecule is COc1ccc(C(=O)O[C@H]2[C@H](O)[C@@H](O)[C@@H](O[C@@H]3[C@@H](O[C@@H]4CC[C@@]5(C)C(=CC[C@@H]6[C@H]7C[C@@H]8O[C@@H](O)[C@H](C=C(C)C)[C@H](C)[C@H]8[C@]7(C=O)CC[C@H]65)C4)O[C@@H](CO)[C@@H](O)[C@H]3O)O[C@H]2C)cc1. The maximum Gasteiger partial charge on any atom is 0.338 e. The number of methoxy groups -OCH3 is 1. The number of aldehydes is 1. The van der Waals surface area contributed by atoms with Gasteiger partial charge in [-0.05, 0) is 119 Å². The molecule has 0 bridgehead atoms. The molecule has 62 heavy (non-hydrogen) atoms. The topological polar surface area (TPSA) is 220 Å². The van der Waals surface area contributed by atoms with Gasteiger partial charge in [0.1, 0.15) is 48.7 Å². The maximum atomic E-state index is 13.4. The van der Waals surface area contributed by atoms with Gasteiger partial charge in [-0.25, -0.2) is 4.79 Å². The number of ether oxygens (including phenoxy) is 7. The average Bonchev–Trinajstić information content (AvgIpc) is 3.59. The summed E-state index contributed by atoms with van der Waals surface area (Å²) < 4.78 is 41.7. The molecule has 0 radical (unpaired) electrons. The minimum absolute atomic E-state index is 0.0372. The predicted octanol–water partition coefficient (Wildman–Crippen LogP) is 3.20. The molecule has 0 amide bonds. The molecule has 6 N–H and O–H groups in total. The molecule has 0 unspecified atom stereocenters. The second-order valence-electron chi connectivity index (χ2n) is 19.6. The fraction of sp³-hybridized carbons (Fsp3) is 0.745.